The Morgan fingerprint density at radius 3 is 2.66 bits per heavy atom. The number of morpholine rings is 1. The minimum absolute atomic E-state index is 0.0300. The Morgan fingerprint density at radius 1 is 1.24 bits per heavy atom. The van der Waals surface area contributed by atoms with Crippen molar-refractivity contribution in [3.8, 4) is 5.75 Å². The third-order valence-corrected chi connectivity index (χ3v) is 7.15. The van der Waals surface area contributed by atoms with Crippen molar-refractivity contribution in [1.82, 2.24) is 9.80 Å². The van der Waals surface area contributed by atoms with Crippen LogP contribution in [0.15, 0.2) is 18.2 Å². The summed E-state index contributed by atoms with van der Waals surface area (Å²) in [6.45, 7) is 4.09. The summed E-state index contributed by atoms with van der Waals surface area (Å²) >= 11 is 6.13. The van der Waals surface area contributed by atoms with Crippen LogP contribution in [0.25, 0.3) is 0 Å². The molecule has 0 N–H and O–H groups in total. The normalized spacial score (nSPS) is 23.2. The van der Waals surface area contributed by atoms with Gasteiger partial charge in [-0.3, -0.25) is 9.59 Å². The standard InChI is InChI=1S/C22H29ClN2O4/c1-28-19-5-4-17(23)13-18(19)21(27)25-14-16(22(15-25)7-2-8-22)3-6-20(26)24-9-11-29-12-10-24/h4-5,13,16H,2-3,6-12,14-15H2,1H3. The van der Waals surface area contributed by atoms with Crippen molar-refractivity contribution in [2.45, 2.75) is 32.1 Å². The van der Waals surface area contributed by atoms with Crippen LogP contribution in [-0.2, 0) is 9.53 Å². The van der Waals surface area contributed by atoms with E-state index in [-0.39, 0.29) is 17.2 Å². The summed E-state index contributed by atoms with van der Waals surface area (Å²) in [6, 6.07) is 5.16. The van der Waals surface area contributed by atoms with Crippen LogP contribution in [0.3, 0.4) is 0 Å². The fourth-order valence-corrected chi connectivity index (χ4v) is 5.24. The molecule has 2 aliphatic heterocycles. The first-order valence-electron chi connectivity index (χ1n) is 10.5. The topological polar surface area (TPSA) is 59.1 Å². The van der Waals surface area contributed by atoms with Crippen molar-refractivity contribution in [2.75, 3.05) is 46.5 Å². The Bertz CT molecular complexity index is 774. The van der Waals surface area contributed by atoms with Gasteiger partial charge in [0.2, 0.25) is 5.91 Å². The molecule has 0 aromatic heterocycles. The van der Waals surface area contributed by atoms with E-state index >= 15 is 0 Å². The van der Waals surface area contributed by atoms with E-state index in [2.05, 4.69) is 0 Å². The highest BCUT2D eigenvalue weighted by molar-refractivity contribution is 6.31. The van der Waals surface area contributed by atoms with Gasteiger partial charge in [-0.2, -0.15) is 0 Å². The first-order valence-corrected chi connectivity index (χ1v) is 10.9. The van der Waals surface area contributed by atoms with Gasteiger partial charge in [0.15, 0.2) is 0 Å². The van der Waals surface area contributed by atoms with E-state index in [1.165, 1.54) is 6.42 Å². The van der Waals surface area contributed by atoms with Gasteiger partial charge in [-0.15, -0.1) is 0 Å². The maximum atomic E-state index is 13.2. The number of methoxy groups -OCH3 is 1. The zero-order valence-corrected chi connectivity index (χ0v) is 17.7. The van der Waals surface area contributed by atoms with E-state index < -0.39 is 0 Å². The number of nitrogens with zero attached hydrogens (tertiary/aromatic N) is 2. The van der Waals surface area contributed by atoms with E-state index in [1.807, 2.05) is 9.80 Å². The predicted molar refractivity (Wildman–Crippen MR) is 110 cm³/mol. The largest absolute Gasteiger partial charge is 0.496 e. The quantitative estimate of drug-likeness (QED) is 0.733. The third kappa shape index (κ3) is 4.10. The maximum Gasteiger partial charge on any atom is 0.257 e. The second-order valence-electron chi connectivity index (χ2n) is 8.47. The summed E-state index contributed by atoms with van der Waals surface area (Å²) in [5.74, 6) is 1.10. The molecule has 2 saturated heterocycles. The fourth-order valence-electron chi connectivity index (χ4n) is 5.07. The van der Waals surface area contributed by atoms with Gasteiger partial charge in [-0.05, 0) is 48.8 Å². The fraction of sp³-hybridized carbons (Fsp3) is 0.636. The Kier molecular flexibility index (Phi) is 6.02. The van der Waals surface area contributed by atoms with E-state index in [1.54, 1.807) is 25.3 Å². The lowest BCUT2D eigenvalue weighted by Gasteiger charge is -2.43. The third-order valence-electron chi connectivity index (χ3n) is 6.91. The predicted octanol–water partition coefficient (Wildman–Crippen LogP) is 3.23. The second-order valence-corrected chi connectivity index (χ2v) is 8.91. The van der Waals surface area contributed by atoms with E-state index in [9.17, 15) is 9.59 Å². The SMILES string of the molecule is COc1ccc(Cl)cc1C(=O)N1CC(CCC(=O)N2CCOCC2)C2(CCC2)C1. The number of amides is 2. The van der Waals surface area contributed by atoms with Crippen molar-refractivity contribution in [3.05, 3.63) is 28.8 Å². The average molecular weight is 421 g/mol. The molecule has 1 atom stereocenters. The minimum Gasteiger partial charge on any atom is -0.496 e. The smallest absolute Gasteiger partial charge is 0.257 e. The molecule has 6 nitrogen and oxygen atoms in total. The summed E-state index contributed by atoms with van der Waals surface area (Å²) < 4.78 is 10.7. The van der Waals surface area contributed by atoms with Gasteiger partial charge in [0, 0.05) is 37.6 Å². The van der Waals surface area contributed by atoms with Gasteiger partial charge >= 0.3 is 0 Å². The molecular formula is C22H29ClN2O4. The summed E-state index contributed by atoms with van der Waals surface area (Å²) in [5, 5.41) is 0.527. The molecule has 1 spiro atoms. The Morgan fingerprint density at radius 2 is 2.00 bits per heavy atom. The van der Waals surface area contributed by atoms with Gasteiger partial charge < -0.3 is 19.3 Å². The van der Waals surface area contributed by atoms with Crippen LogP contribution in [0.2, 0.25) is 5.02 Å². The maximum absolute atomic E-state index is 13.2. The molecule has 4 rings (SSSR count). The van der Waals surface area contributed by atoms with Crippen LogP contribution in [0.1, 0.15) is 42.5 Å². The van der Waals surface area contributed by atoms with Crippen molar-refractivity contribution in [3.63, 3.8) is 0 Å². The van der Waals surface area contributed by atoms with Gasteiger partial charge in [0.05, 0.1) is 25.9 Å². The number of likely N-dealkylation sites (tertiary alicyclic amines) is 1. The number of ether oxygens (including phenoxy) is 2. The van der Waals surface area contributed by atoms with Crippen LogP contribution in [-0.4, -0.2) is 68.1 Å². The van der Waals surface area contributed by atoms with Crippen molar-refractivity contribution in [2.24, 2.45) is 11.3 Å². The first kappa shape index (κ1) is 20.5. The monoisotopic (exact) mass is 420 g/mol. The number of hydrogen-bond donors (Lipinski definition) is 0. The lowest BCUT2D eigenvalue weighted by molar-refractivity contribution is -0.135. The molecule has 1 aromatic rings. The lowest BCUT2D eigenvalue weighted by Crippen LogP contribution is -2.42. The number of benzene rings is 1. The minimum atomic E-state index is -0.0300. The molecule has 7 heteroatoms. The van der Waals surface area contributed by atoms with E-state index in [4.69, 9.17) is 21.1 Å². The van der Waals surface area contributed by atoms with Gasteiger partial charge in [-0.1, -0.05) is 18.0 Å². The zero-order valence-electron chi connectivity index (χ0n) is 17.0. The molecule has 0 radical (unpaired) electrons. The number of carbonyl (C=O) groups excluding carboxylic acids is 2. The summed E-state index contributed by atoms with van der Waals surface area (Å²) in [7, 11) is 1.57. The second kappa shape index (κ2) is 8.52. The van der Waals surface area contributed by atoms with Crippen LogP contribution in [0.4, 0.5) is 0 Å². The molecule has 1 aliphatic carbocycles. The molecule has 3 aliphatic rings. The van der Waals surface area contributed by atoms with Crippen LogP contribution < -0.4 is 4.74 Å². The highest BCUT2D eigenvalue weighted by Gasteiger charge is 2.51. The molecule has 29 heavy (non-hydrogen) atoms. The highest BCUT2D eigenvalue weighted by atomic mass is 35.5. The van der Waals surface area contributed by atoms with Crippen molar-refractivity contribution >= 4 is 23.4 Å². The number of halogens is 1. The molecule has 3 fully saturated rings. The number of rotatable bonds is 5. The Hall–Kier alpha value is -1.79. The Balaban J connectivity index is 1.43. The van der Waals surface area contributed by atoms with Gasteiger partial charge in [0.25, 0.3) is 5.91 Å². The lowest BCUT2D eigenvalue weighted by atomic mass is 9.62. The van der Waals surface area contributed by atoms with Crippen LogP contribution in [0, 0.1) is 11.3 Å². The molecule has 0 bridgehead atoms. The molecule has 1 unspecified atom stereocenters. The van der Waals surface area contributed by atoms with Crippen LogP contribution in [0.5, 0.6) is 5.75 Å². The van der Waals surface area contributed by atoms with E-state index in [0.717, 1.165) is 25.8 Å². The van der Waals surface area contributed by atoms with E-state index in [0.29, 0.717) is 61.5 Å². The molecule has 1 saturated carbocycles. The van der Waals surface area contributed by atoms with Gasteiger partial charge in [0.1, 0.15) is 5.75 Å². The van der Waals surface area contributed by atoms with Gasteiger partial charge in [-0.25, -0.2) is 0 Å². The molecular weight excluding hydrogens is 392 g/mol. The summed E-state index contributed by atoms with van der Waals surface area (Å²) in [5.41, 5.74) is 0.687. The number of hydrogen-bond acceptors (Lipinski definition) is 4. The molecule has 158 valence electrons. The number of carbonyl (C=O) groups is 2. The first-order chi connectivity index (χ1) is 14.0. The van der Waals surface area contributed by atoms with Crippen molar-refractivity contribution < 1.29 is 19.1 Å². The average Bonchev–Trinajstić information content (AvgIpc) is 3.12. The summed E-state index contributed by atoms with van der Waals surface area (Å²) in [4.78, 5) is 29.7. The molecule has 2 heterocycles. The molecule has 1 aromatic carbocycles. The molecule has 2 amide bonds. The van der Waals surface area contributed by atoms with Crippen LogP contribution >= 0.6 is 11.6 Å². The zero-order chi connectivity index (χ0) is 20.4. The Labute approximate surface area is 177 Å². The summed E-state index contributed by atoms with van der Waals surface area (Å²) in [6.07, 6.45) is 4.87. The van der Waals surface area contributed by atoms with Crippen molar-refractivity contribution in [1.29, 1.82) is 0 Å². The highest BCUT2D eigenvalue weighted by Crippen LogP contribution is 2.53.